The van der Waals surface area contributed by atoms with E-state index in [0.717, 1.165) is 0 Å². The van der Waals surface area contributed by atoms with Gasteiger partial charge in [-0.05, 0) is 25.7 Å². The highest BCUT2D eigenvalue weighted by molar-refractivity contribution is 4.97. The van der Waals surface area contributed by atoms with Gasteiger partial charge < -0.3 is 9.80 Å². The van der Waals surface area contributed by atoms with Gasteiger partial charge in [0.2, 0.25) is 0 Å². The number of nitrogens with zero attached hydrogens (tertiary/aromatic N) is 2. The number of rotatable bonds is 38. The Kier molecular flexibility index (Phi) is 33.6. The lowest BCUT2D eigenvalue weighted by atomic mass is 10.0. The molecule has 1 aliphatic rings. The molecule has 1 unspecified atom stereocenters. The summed E-state index contributed by atoms with van der Waals surface area (Å²) >= 11 is 0. The Labute approximate surface area is 292 Å². The van der Waals surface area contributed by atoms with Crippen molar-refractivity contribution in [1.82, 2.24) is 9.80 Å². The molecule has 0 radical (unpaired) electrons. The number of unbranched alkanes of at least 4 members (excludes halogenated alkanes) is 32. The quantitative estimate of drug-likeness (QED) is 0.0617. The van der Waals surface area contributed by atoms with Gasteiger partial charge in [0.05, 0.1) is 0 Å². The molecule has 2 nitrogen and oxygen atoms in total. The van der Waals surface area contributed by atoms with Crippen LogP contribution >= 0.6 is 0 Å². The molecule has 1 aliphatic heterocycles. The molecular formula is C44H88N2. The van der Waals surface area contributed by atoms with Gasteiger partial charge in [-0.3, -0.25) is 0 Å². The third kappa shape index (κ3) is 27.3. The van der Waals surface area contributed by atoms with Crippen molar-refractivity contribution in [3.05, 3.63) is 12.4 Å². The smallest absolute Gasteiger partial charge is 0.101 e. The first-order valence-corrected chi connectivity index (χ1v) is 22.0. The van der Waals surface area contributed by atoms with E-state index < -0.39 is 0 Å². The molecule has 0 aromatic carbocycles. The van der Waals surface area contributed by atoms with Crippen LogP contribution in [0.4, 0.5) is 0 Å². The minimum atomic E-state index is 0.639. The van der Waals surface area contributed by atoms with Crippen LogP contribution in [-0.2, 0) is 0 Å². The summed E-state index contributed by atoms with van der Waals surface area (Å²) < 4.78 is 0. The van der Waals surface area contributed by atoms with Crippen LogP contribution in [0.25, 0.3) is 0 Å². The van der Waals surface area contributed by atoms with E-state index in [-0.39, 0.29) is 0 Å². The Morgan fingerprint density at radius 2 is 0.500 bits per heavy atom. The minimum absolute atomic E-state index is 0.639. The first-order valence-electron chi connectivity index (χ1n) is 22.0. The van der Waals surface area contributed by atoms with Gasteiger partial charge in [0.25, 0.3) is 0 Å². The zero-order chi connectivity index (χ0) is 33.0. The first kappa shape index (κ1) is 43.4. The van der Waals surface area contributed by atoms with Gasteiger partial charge in [-0.25, -0.2) is 0 Å². The van der Waals surface area contributed by atoms with E-state index >= 15 is 0 Å². The normalized spacial score (nSPS) is 14.7. The highest BCUT2D eigenvalue weighted by atomic mass is 15.4. The second-order valence-electron chi connectivity index (χ2n) is 15.4. The SMILES string of the molecule is CCCCCCCCCCCCCCCCCN1C=CN(CCCCCCCCCCCCCCCC)C1CCCCCCCC. The topological polar surface area (TPSA) is 6.48 Å². The summed E-state index contributed by atoms with van der Waals surface area (Å²) in [6.45, 7) is 9.49. The van der Waals surface area contributed by atoms with Crippen LogP contribution in [0.15, 0.2) is 12.4 Å². The van der Waals surface area contributed by atoms with Crippen LogP contribution in [0.3, 0.4) is 0 Å². The maximum atomic E-state index is 2.72. The van der Waals surface area contributed by atoms with E-state index in [1.54, 1.807) is 0 Å². The van der Waals surface area contributed by atoms with E-state index in [1.165, 1.54) is 244 Å². The summed E-state index contributed by atoms with van der Waals surface area (Å²) in [4.78, 5) is 5.44. The molecule has 0 bridgehead atoms. The van der Waals surface area contributed by atoms with E-state index in [9.17, 15) is 0 Å². The second kappa shape index (κ2) is 35.6. The Balaban J connectivity index is 2.12. The molecule has 0 saturated carbocycles. The molecule has 0 spiro atoms. The predicted molar refractivity (Wildman–Crippen MR) is 210 cm³/mol. The van der Waals surface area contributed by atoms with Crippen molar-refractivity contribution in [2.75, 3.05) is 13.1 Å². The van der Waals surface area contributed by atoms with Crippen LogP contribution in [0.1, 0.15) is 252 Å². The van der Waals surface area contributed by atoms with Crippen LogP contribution in [0, 0.1) is 0 Å². The molecule has 0 fully saturated rings. The fourth-order valence-electron chi connectivity index (χ4n) is 7.60. The average molecular weight is 645 g/mol. The largest absolute Gasteiger partial charge is 0.356 e. The van der Waals surface area contributed by atoms with Gasteiger partial charge in [-0.1, -0.05) is 226 Å². The second-order valence-corrected chi connectivity index (χ2v) is 15.4. The van der Waals surface area contributed by atoms with Crippen LogP contribution in [0.2, 0.25) is 0 Å². The molecule has 1 heterocycles. The van der Waals surface area contributed by atoms with Crippen molar-refractivity contribution in [2.24, 2.45) is 0 Å². The van der Waals surface area contributed by atoms with Gasteiger partial charge in [-0.15, -0.1) is 0 Å². The molecule has 0 N–H and O–H groups in total. The maximum Gasteiger partial charge on any atom is 0.101 e. The fourth-order valence-corrected chi connectivity index (χ4v) is 7.60. The van der Waals surface area contributed by atoms with Gasteiger partial charge in [0, 0.05) is 25.5 Å². The standard InChI is InChI=1S/C44H88N2/c1-4-7-10-13-16-18-20-22-24-26-28-30-32-35-38-41-46-43-42-45(44(46)39-36-33-15-12-9-6-3)40-37-34-31-29-27-25-23-21-19-17-14-11-8-5-2/h42-44H,4-41H2,1-3H3. The van der Waals surface area contributed by atoms with Crippen LogP contribution in [-0.4, -0.2) is 29.1 Å². The summed E-state index contributed by atoms with van der Waals surface area (Å²) in [5, 5.41) is 0. The van der Waals surface area contributed by atoms with Gasteiger partial charge in [0.1, 0.15) is 6.17 Å². The van der Waals surface area contributed by atoms with Crippen molar-refractivity contribution in [3.63, 3.8) is 0 Å². The molecule has 2 heteroatoms. The molecule has 1 rings (SSSR count). The zero-order valence-electron chi connectivity index (χ0n) is 32.5. The van der Waals surface area contributed by atoms with Crippen molar-refractivity contribution in [1.29, 1.82) is 0 Å². The van der Waals surface area contributed by atoms with E-state index in [4.69, 9.17) is 0 Å². The predicted octanol–water partition coefficient (Wildman–Crippen LogP) is 15.5. The Hall–Kier alpha value is -0.660. The van der Waals surface area contributed by atoms with Gasteiger partial charge in [-0.2, -0.15) is 0 Å². The highest BCUT2D eigenvalue weighted by Gasteiger charge is 2.24. The average Bonchev–Trinajstić information content (AvgIpc) is 3.45. The summed E-state index contributed by atoms with van der Waals surface area (Å²) in [6, 6.07) is 0. The molecule has 0 amide bonds. The molecule has 274 valence electrons. The molecule has 0 aromatic rings. The Morgan fingerprint density at radius 1 is 0.283 bits per heavy atom. The van der Waals surface area contributed by atoms with Crippen molar-refractivity contribution in [2.45, 2.75) is 258 Å². The van der Waals surface area contributed by atoms with E-state index in [0.29, 0.717) is 6.17 Å². The number of hydrogen-bond donors (Lipinski definition) is 0. The molecule has 0 saturated heterocycles. The Bertz CT molecular complexity index is 601. The first-order chi connectivity index (χ1) is 22.8. The minimum Gasteiger partial charge on any atom is -0.356 e. The summed E-state index contributed by atoms with van der Waals surface area (Å²) in [5.74, 6) is 0. The molecule has 1 atom stereocenters. The van der Waals surface area contributed by atoms with Gasteiger partial charge in [0.15, 0.2) is 0 Å². The molecule has 0 aliphatic carbocycles. The lowest BCUT2D eigenvalue weighted by Crippen LogP contribution is -2.39. The maximum absolute atomic E-state index is 2.72. The lowest BCUT2D eigenvalue weighted by Gasteiger charge is -2.33. The van der Waals surface area contributed by atoms with Crippen molar-refractivity contribution >= 4 is 0 Å². The number of hydrogen-bond acceptors (Lipinski definition) is 2. The van der Waals surface area contributed by atoms with Crippen molar-refractivity contribution in [3.8, 4) is 0 Å². The summed E-state index contributed by atoms with van der Waals surface area (Å²) in [6.07, 6.45) is 57.4. The molecule has 0 aromatic heterocycles. The zero-order valence-corrected chi connectivity index (χ0v) is 32.5. The fraction of sp³-hybridized carbons (Fsp3) is 0.955. The third-order valence-corrected chi connectivity index (χ3v) is 10.8. The Morgan fingerprint density at radius 3 is 0.761 bits per heavy atom. The lowest BCUT2D eigenvalue weighted by molar-refractivity contribution is 0.135. The third-order valence-electron chi connectivity index (χ3n) is 10.8. The van der Waals surface area contributed by atoms with E-state index in [1.807, 2.05) is 0 Å². The molecule has 46 heavy (non-hydrogen) atoms. The van der Waals surface area contributed by atoms with E-state index in [2.05, 4.69) is 43.0 Å². The summed E-state index contributed by atoms with van der Waals surface area (Å²) in [5.41, 5.74) is 0. The van der Waals surface area contributed by atoms with Crippen LogP contribution in [0.5, 0.6) is 0 Å². The summed E-state index contributed by atoms with van der Waals surface area (Å²) in [7, 11) is 0. The van der Waals surface area contributed by atoms with Crippen LogP contribution < -0.4 is 0 Å². The monoisotopic (exact) mass is 645 g/mol. The highest BCUT2D eigenvalue weighted by Crippen LogP contribution is 2.24. The van der Waals surface area contributed by atoms with Crippen molar-refractivity contribution < 1.29 is 0 Å². The van der Waals surface area contributed by atoms with Gasteiger partial charge >= 0.3 is 0 Å². The molecular weight excluding hydrogens is 556 g/mol.